The van der Waals surface area contributed by atoms with Crippen molar-refractivity contribution in [2.45, 2.75) is 52.2 Å². The third kappa shape index (κ3) is 6.04. The Bertz CT molecular complexity index is 341. The van der Waals surface area contributed by atoms with Gasteiger partial charge in [-0.1, -0.05) is 20.3 Å². The van der Waals surface area contributed by atoms with E-state index in [0.29, 0.717) is 13.2 Å². The summed E-state index contributed by atoms with van der Waals surface area (Å²) >= 11 is 1.77. The highest BCUT2D eigenvalue weighted by molar-refractivity contribution is 7.12. The number of rotatable bonds is 10. The number of nitrogens with two attached hydrogens (primary N) is 1. The highest BCUT2D eigenvalue weighted by Crippen LogP contribution is 2.28. The average molecular weight is 285 g/mol. The van der Waals surface area contributed by atoms with Crippen LogP contribution in [0.5, 0.6) is 0 Å². The number of ether oxygens (including phenoxy) is 2. The van der Waals surface area contributed by atoms with Crippen molar-refractivity contribution in [3.05, 3.63) is 21.9 Å². The lowest BCUT2D eigenvalue weighted by atomic mass is 10.1. The summed E-state index contributed by atoms with van der Waals surface area (Å²) in [6.07, 6.45) is 3.19. The second-order valence-corrected chi connectivity index (χ2v) is 6.10. The Balaban J connectivity index is 2.39. The largest absolute Gasteiger partial charge is 0.379 e. The summed E-state index contributed by atoms with van der Waals surface area (Å²) in [4.78, 5) is 2.52. The topological polar surface area (TPSA) is 44.5 Å². The standard InChI is InChI=1S/C15H27NO2S/c1-4-6-9-17-10-11-18-15(13(16)5-2)14-8-7-12(3)19-14/h7-8,13,15H,4-6,9-11,16H2,1-3H3. The Morgan fingerprint density at radius 2 is 2.00 bits per heavy atom. The number of aryl methyl sites for hydroxylation is 1. The maximum atomic E-state index is 6.16. The van der Waals surface area contributed by atoms with E-state index in [9.17, 15) is 0 Å². The van der Waals surface area contributed by atoms with Crippen molar-refractivity contribution in [3.63, 3.8) is 0 Å². The van der Waals surface area contributed by atoms with Crippen molar-refractivity contribution in [1.29, 1.82) is 0 Å². The third-order valence-corrected chi connectivity index (χ3v) is 4.13. The first-order valence-electron chi connectivity index (χ1n) is 7.20. The van der Waals surface area contributed by atoms with Crippen LogP contribution in [0.2, 0.25) is 0 Å². The van der Waals surface area contributed by atoms with Crippen molar-refractivity contribution in [3.8, 4) is 0 Å². The molecule has 0 saturated heterocycles. The zero-order valence-corrected chi connectivity index (χ0v) is 13.2. The van der Waals surface area contributed by atoms with Crippen molar-refractivity contribution in [1.82, 2.24) is 0 Å². The van der Waals surface area contributed by atoms with Gasteiger partial charge in [-0.3, -0.25) is 0 Å². The lowest BCUT2D eigenvalue weighted by molar-refractivity contribution is -0.00664. The van der Waals surface area contributed by atoms with E-state index in [-0.39, 0.29) is 12.1 Å². The van der Waals surface area contributed by atoms with E-state index in [1.165, 1.54) is 16.2 Å². The molecule has 0 aliphatic carbocycles. The van der Waals surface area contributed by atoms with E-state index in [1.54, 1.807) is 11.3 Å². The van der Waals surface area contributed by atoms with Crippen LogP contribution in [0.25, 0.3) is 0 Å². The van der Waals surface area contributed by atoms with Gasteiger partial charge in [-0.15, -0.1) is 11.3 Å². The average Bonchev–Trinajstić information content (AvgIpc) is 2.83. The Morgan fingerprint density at radius 1 is 1.21 bits per heavy atom. The van der Waals surface area contributed by atoms with Crippen LogP contribution < -0.4 is 5.73 Å². The van der Waals surface area contributed by atoms with Crippen molar-refractivity contribution in [2.24, 2.45) is 5.73 Å². The summed E-state index contributed by atoms with van der Waals surface area (Å²) in [5.74, 6) is 0. The summed E-state index contributed by atoms with van der Waals surface area (Å²) in [7, 11) is 0. The summed E-state index contributed by atoms with van der Waals surface area (Å²) in [5, 5.41) is 0. The van der Waals surface area contributed by atoms with Crippen LogP contribution >= 0.6 is 11.3 Å². The van der Waals surface area contributed by atoms with E-state index in [4.69, 9.17) is 15.2 Å². The van der Waals surface area contributed by atoms with Crippen LogP contribution in [0.4, 0.5) is 0 Å². The minimum Gasteiger partial charge on any atom is -0.379 e. The summed E-state index contributed by atoms with van der Waals surface area (Å²) in [5.41, 5.74) is 6.16. The summed E-state index contributed by atoms with van der Waals surface area (Å²) < 4.78 is 11.5. The minimum absolute atomic E-state index is 0.00141. The molecule has 0 aliphatic heterocycles. The molecule has 1 rings (SSSR count). The van der Waals surface area contributed by atoms with Gasteiger partial charge in [-0.25, -0.2) is 0 Å². The molecule has 0 bridgehead atoms. The van der Waals surface area contributed by atoms with Gasteiger partial charge in [0.1, 0.15) is 6.10 Å². The van der Waals surface area contributed by atoms with E-state index < -0.39 is 0 Å². The first-order valence-corrected chi connectivity index (χ1v) is 8.01. The van der Waals surface area contributed by atoms with Crippen LogP contribution in [0.15, 0.2) is 12.1 Å². The van der Waals surface area contributed by atoms with Crippen molar-refractivity contribution < 1.29 is 9.47 Å². The van der Waals surface area contributed by atoms with Crippen molar-refractivity contribution in [2.75, 3.05) is 19.8 Å². The second-order valence-electron chi connectivity index (χ2n) is 4.78. The molecule has 0 aliphatic rings. The smallest absolute Gasteiger partial charge is 0.107 e. The Kier molecular flexibility index (Phi) is 8.30. The van der Waals surface area contributed by atoms with Gasteiger partial charge in [0.25, 0.3) is 0 Å². The minimum atomic E-state index is -0.00141. The second kappa shape index (κ2) is 9.48. The zero-order chi connectivity index (χ0) is 14.1. The molecule has 1 aromatic rings. The Hall–Kier alpha value is -0.420. The normalized spacial score (nSPS) is 14.5. The third-order valence-electron chi connectivity index (χ3n) is 3.07. The molecular formula is C15H27NO2S. The number of thiophene rings is 1. The van der Waals surface area contributed by atoms with Gasteiger partial charge in [0, 0.05) is 22.4 Å². The van der Waals surface area contributed by atoms with Crippen molar-refractivity contribution >= 4 is 11.3 Å². The predicted molar refractivity (Wildman–Crippen MR) is 81.7 cm³/mol. The van der Waals surface area contributed by atoms with Crippen LogP contribution in [0, 0.1) is 6.92 Å². The monoisotopic (exact) mass is 285 g/mol. The van der Waals surface area contributed by atoms with Gasteiger partial charge in [-0.2, -0.15) is 0 Å². The molecule has 0 spiro atoms. The molecule has 0 radical (unpaired) electrons. The maximum absolute atomic E-state index is 6.16. The molecule has 1 aromatic heterocycles. The summed E-state index contributed by atoms with van der Waals surface area (Å²) in [6, 6.07) is 4.29. The number of hydrogen-bond donors (Lipinski definition) is 1. The van der Waals surface area contributed by atoms with Gasteiger partial charge in [-0.05, 0) is 31.9 Å². The van der Waals surface area contributed by atoms with E-state index in [2.05, 4.69) is 32.9 Å². The van der Waals surface area contributed by atoms with Gasteiger partial charge in [0.05, 0.1) is 13.2 Å². The molecular weight excluding hydrogens is 258 g/mol. The fourth-order valence-electron chi connectivity index (χ4n) is 1.82. The van der Waals surface area contributed by atoms with Crippen LogP contribution in [0.3, 0.4) is 0 Å². The van der Waals surface area contributed by atoms with Crippen LogP contribution in [0.1, 0.15) is 49.0 Å². The molecule has 0 saturated carbocycles. The first kappa shape index (κ1) is 16.6. The fourth-order valence-corrected chi connectivity index (χ4v) is 2.82. The summed E-state index contributed by atoms with van der Waals surface area (Å²) in [6.45, 7) is 8.45. The molecule has 0 aromatic carbocycles. The first-order chi connectivity index (χ1) is 9.19. The Morgan fingerprint density at radius 3 is 2.58 bits per heavy atom. The lowest BCUT2D eigenvalue weighted by Gasteiger charge is -2.22. The SMILES string of the molecule is CCCCOCCOC(c1ccc(C)s1)C(N)CC. The molecule has 2 N–H and O–H groups in total. The molecule has 2 unspecified atom stereocenters. The molecule has 2 atom stereocenters. The van der Waals surface area contributed by atoms with Gasteiger partial charge in [0.15, 0.2) is 0 Å². The quantitative estimate of drug-likeness (QED) is 0.667. The molecule has 110 valence electrons. The fraction of sp³-hybridized carbons (Fsp3) is 0.733. The van der Waals surface area contributed by atoms with Gasteiger partial charge < -0.3 is 15.2 Å². The van der Waals surface area contributed by atoms with Crippen LogP contribution in [-0.2, 0) is 9.47 Å². The molecule has 0 fully saturated rings. The highest BCUT2D eigenvalue weighted by atomic mass is 32.1. The molecule has 1 heterocycles. The lowest BCUT2D eigenvalue weighted by Crippen LogP contribution is -2.29. The van der Waals surface area contributed by atoms with E-state index in [1.807, 2.05) is 0 Å². The highest BCUT2D eigenvalue weighted by Gasteiger charge is 2.20. The molecule has 19 heavy (non-hydrogen) atoms. The Labute approximate surface area is 121 Å². The van der Waals surface area contributed by atoms with E-state index in [0.717, 1.165) is 19.4 Å². The predicted octanol–water partition coefficient (Wildman–Crippen LogP) is 3.67. The number of hydrogen-bond acceptors (Lipinski definition) is 4. The number of unbranched alkanes of at least 4 members (excludes halogenated alkanes) is 1. The van der Waals surface area contributed by atoms with Gasteiger partial charge in [0.2, 0.25) is 0 Å². The van der Waals surface area contributed by atoms with Crippen LogP contribution in [-0.4, -0.2) is 25.9 Å². The zero-order valence-electron chi connectivity index (χ0n) is 12.4. The molecule has 3 nitrogen and oxygen atoms in total. The van der Waals surface area contributed by atoms with E-state index >= 15 is 0 Å². The molecule has 4 heteroatoms. The maximum Gasteiger partial charge on any atom is 0.107 e. The molecule has 0 amide bonds. The van der Waals surface area contributed by atoms with Gasteiger partial charge >= 0.3 is 0 Å².